The van der Waals surface area contributed by atoms with Gasteiger partial charge in [0.1, 0.15) is 0 Å². The fourth-order valence-corrected chi connectivity index (χ4v) is 2.06. The minimum absolute atomic E-state index is 0.250. The van der Waals surface area contributed by atoms with Gasteiger partial charge in [-0.15, -0.1) is 0 Å². The number of ether oxygens (including phenoxy) is 1. The summed E-state index contributed by atoms with van der Waals surface area (Å²) >= 11 is 0. The summed E-state index contributed by atoms with van der Waals surface area (Å²) in [5, 5.41) is 9.62. The van der Waals surface area contributed by atoms with Crippen molar-refractivity contribution >= 4 is 11.6 Å². The van der Waals surface area contributed by atoms with E-state index in [1.54, 1.807) is 18.3 Å². The Morgan fingerprint density at radius 1 is 1.14 bits per heavy atom. The SMILES string of the molecule is COc1ccc(NC(=O)c2cn[nH]c2-c2ccccc2)cn1. The number of H-pyrrole nitrogens is 1. The second-order valence-electron chi connectivity index (χ2n) is 4.57. The first-order valence-corrected chi connectivity index (χ1v) is 6.68. The highest BCUT2D eigenvalue weighted by Crippen LogP contribution is 2.21. The maximum absolute atomic E-state index is 12.4. The quantitative estimate of drug-likeness (QED) is 0.775. The summed E-state index contributed by atoms with van der Waals surface area (Å²) in [5.41, 5.74) is 2.64. The Labute approximate surface area is 127 Å². The molecule has 0 radical (unpaired) electrons. The Kier molecular flexibility index (Phi) is 3.82. The topological polar surface area (TPSA) is 79.9 Å². The van der Waals surface area contributed by atoms with Gasteiger partial charge >= 0.3 is 0 Å². The third-order valence-electron chi connectivity index (χ3n) is 3.15. The average Bonchev–Trinajstić information content (AvgIpc) is 3.06. The third-order valence-corrected chi connectivity index (χ3v) is 3.15. The Balaban J connectivity index is 1.82. The fraction of sp³-hybridized carbons (Fsp3) is 0.0625. The lowest BCUT2D eigenvalue weighted by Crippen LogP contribution is -2.12. The molecule has 0 fully saturated rings. The number of aromatic nitrogens is 3. The molecule has 2 aromatic heterocycles. The maximum Gasteiger partial charge on any atom is 0.259 e. The molecule has 0 unspecified atom stereocenters. The van der Waals surface area contributed by atoms with Crippen LogP contribution < -0.4 is 10.1 Å². The van der Waals surface area contributed by atoms with Crippen LogP contribution in [0.4, 0.5) is 5.69 Å². The molecule has 2 heterocycles. The van der Waals surface area contributed by atoms with Crippen molar-refractivity contribution in [2.24, 2.45) is 0 Å². The maximum atomic E-state index is 12.4. The molecule has 3 rings (SSSR count). The monoisotopic (exact) mass is 294 g/mol. The summed E-state index contributed by atoms with van der Waals surface area (Å²) in [6.07, 6.45) is 3.05. The second kappa shape index (κ2) is 6.09. The van der Waals surface area contributed by atoms with Gasteiger partial charge in [-0.2, -0.15) is 5.10 Å². The molecule has 0 aliphatic rings. The highest BCUT2D eigenvalue weighted by atomic mass is 16.5. The van der Waals surface area contributed by atoms with Crippen LogP contribution >= 0.6 is 0 Å². The number of nitrogens with zero attached hydrogens (tertiary/aromatic N) is 2. The summed E-state index contributed by atoms with van der Waals surface area (Å²) in [5.74, 6) is 0.242. The summed E-state index contributed by atoms with van der Waals surface area (Å²) in [4.78, 5) is 16.4. The smallest absolute Gasteiger partial charge is 0.259 e. The number of hydrogen-bond acceptors (Lipinski definition) is 4. The van der Waals surface area contributed by atoms with E-state index in [-0.39, 0.29) is 5.91 Å². The van der Waals surface area contributed by atoms with Crippen molar-refractivity contribution in [2.75, 3.05) is 12.4 Å². The van der Waals surface area contributed by atoms with Gasteiger partial charge in [-0.05, 0) is 6.07 Å². The predicted octanol–water partition coefficient (Wildman–Crippen LogP) is 2.73. The van der Waals surface area contributed by atoms with E-state index in [4.69, 9.17) is 4.74 Å². The van der Waals surface area contributed by atoms with Crippen LogP contribution in [0.3, 0.4) is 0 Å². The van der Waals surface area contributed by atoms with Gasteiger partial charge in [-0.25, -0.2) is 4.98 Å². The van der Waals surface area contributed by atoms with Crippen LogP contribution in [0.2, 0.25) is 0 Å². The molecule has 3 aromatic rings. The number of aromatic amines is 1. The molecule has 22 heavy (non-hydrogen) atoms. The van der Waals surface area contributed by atoms with Gasteiger partial charge in [0, 0.05) is 11.6 Å². The van der Waals surface area contributed by atoms with E-state index in [0.29, 0.717) is 22.8 Å². The Morgan fingerprint density at radius 2 is 1.95 bits per heavy atom. The number of carbonyl (C=O) groups is 1. The van der Waals surface area contributed by atoms with Crippen molar-refractivity contribution in [2.45, 2.75) is 0 Å². The lowest BCUT2D eigenvalue weighted by Gasteiger charge is -2.06. The number of rotatable bonds is 4. The molecule has 6 nitrogen and oxygen atoms in total. The lowest BCUT2D eigenvalue weighted by atomic mass is 10.1. The largest absolute Gasteiger partial charge is 0.481 e. The number of benzene rings is 1. The molecule has 0 bridgehead atoms. The molecule has 0 saturated carbocycles. The molecule has 1 aromatic carbocycles. The van der Waals surface area contributed by atoms with Crippen LogP contribution in [-0.2, 0) is 0 Å². The summed E-state index contributed by atoms with van der Waals surface area (Å²) < 4.78 is 4.98. The first-order valence-electron chi connectivity index (χ1n) is 6.68. The Hall–Kier alpha value is -3.15. The number of methoxy groups -OCH3 is 1. The van der Waals surface area contributed by atoms with Gasteiger partial charge in [0.05, 0.1) is 36.4 Å². The number of pyridine rings is 1. The second-order valence-corrected chi connectivity index (χ2v) is 4.57. The fourth-order valence-electron chi connectivity index (χ4n) is 2.06. The van der Waals surface area contributed by atoms with Gasteiger partial charge in [0.2, 0.25) is 5.88 Å². The summed E-state index contributed by atoms with van der Waals surface area (Å²) in [7, 11) is 1.54. The van der Waals surface area contributed by atoms with Crippen molar-refractivity contribution in [3.63, 3.8) is 0 Å². The van der Waals surface area contributed by atoms with Gasteiger partial charge in [0.15, 0.2) is 0 Å². The Morgan fingerprint density at radius 3 is 2.64 bits per heavy atom. The van der Waals surface area contributed by atoms with Crippen LogP contribution in [-0.4, -0.2) is 28.2 Å². The van der Waals surface area contributed by atoms with E-state index < -0.39 is 0 Å². The van der Waals surface area contributed by atoms with Crippen molar-refractivity contribution in [3.8, 4) is 17.1 Å². The van der Waals surface area contributed by atoms with Crippen LogP contribution in [0, 0.1) is 0 Å². The molecule has 0 spiro atoms. The van der Waals surface area contributed by atoms with E-state index in [1.807, 2.05) is 30.3 Å². The highest BCUT2D eigenvalue weighted by Gasteiger charge is 2.15. The van der Waals surface area contributed by atoms with Crippen molar-refractivity contribution in [3.05, 3.63) is 60.4 Å². The van der Waals surface area contributed by atoms with Crippen molar-refractivity contribution in [1.82, 2.24) is 15.2 Å². The number of nitrogens with one attached hydrogen (secondary N) is 2. The Bertz CT molecular complexity index is 766. The summed E-state index contributed by atoms with van der Waals surface area (Å²) in [6.45, 7) is 0. The van der Waals surface area contributed by atoms with E-state index in [2.05, 4.69) is 20.5 Å². The molecule has 0 aliphatic heterocycles. The van der Waals surface area contributed by atoms with Crippen LogP contribution in [0.1, 0.15) is 10.4 Å². The zero-order valence-electron chi connectivity index (χ0n) is 11.9. The predicted molar refractivity (Wildman–Crippen MR) is 82.8 cm³/mol. The zero-order valence-corrected chi connectivity index (χ0v) is 11.9. The normalized spacial score (nSPS) is 10.2. The van der Waals surface area contributed by atoms with E-state index in [1.165, 1.54) is 13.3 Å². The number of hydrogen-bond donors (Lipinski definition) is 2. The molecule has 0 aliphatic carbocycles. The molecule has 0 saturated heterocycles. The van der Waals surface area contributed by atoms with Gasteiger partial charge < -0.3 is 10.1 Å². The number of carbonyl (C=O) groups excluding carboxylic acids is 1. The molecule has 1 amide bonds. The van der Waals surface area contributed by atoms with Gasteiger partial charge in [0.25, 0.3) is 5.91 Å². The molecule has 0 atom stereocenters. The molecular formula is C16H14N4O2. The van der Waals surface area contributed by atoms with Crippen molar-refractivity contribution in [1.29, 1.82) is 0 Å². The van der Waals surface area contributed by atoms with Crippen LogP contribution in [0.5, 0.6) is 5.88 Å². The molecule has 2 N–H and O–H groups in total. The van der Waals surface area contributed by atoms with E-state index in [0.717, 1.165) is 5.56 Å². The van der Waals surface area contributed by atoms with Crippen molar-refractivity contribution < 1.29 is 9.53 Å². The highest BCUT2D eigenvalue weighted by molar-refractivity contribution is 6.07. The third kappa shape index (κ3) is 2.80. The molecule has 110 valence electrons. The lowest BCUT2D eigenvalue weighted by molar-refractivity contribution is 0.102. The molecular weight excluding hydrogens is 280 g/mol. The number of amides is 1. The minimum atomic E-state index is -0.250. The summed E-state index contributed by atoms with van der Waals surface area (Å²) in [6, 6.07) is 13.0. The van der Waals surface area contributed by atoms with E-state index in [9.17, 15) is 4.79 Å². The van der Waals surface area contributed by atoms with Gasteiger partial charge in [-0.3, -0.25) is 9.89 Å². The minimum Gasteiger partial charge on any atom is -0.481 e. The van der Waals surface area contributed by atoms with E-state index >= 15 is 0 Å². The number of anilines is 1. The zero-order chi connectivity index (χ0) is 15.4. The van der Waals surface area contributed by atoms with Crippen LogP contribution in [0.15, 0.2) is 54.9 Å². The first-order chi connectivity index (χ1) is 10.8. The standard InChI is InChI=1S/C16H14N4O2/c1-22-14-8-7-12(9-17-14)19-16(21)13-10-18-20-15(13)11-5-3-2-4-6-11/h2-10H,1H3,(H,18,20)(H,19,21). The van der Waals surface area contributed by atoms with Crippen LogP contribution in [0.25, 0.3) is 11.3 Å². The first kappa shape index (κ1) is 13.8. The van der Waals surface area contributed by atoms with Gasteiger partial charge in [-0.1, -0.05) is 30.3 Å². The molecule has 6 heteroatoms. The average molecular weight is 294 g/mol.